The van der Waals surface area contributed by atoms with E-state index in [9.17, 15) is 8.42 Å². The van der Waals surface area contributed by atoms with Crippen molar-refractivity contribution in [3.8, 4) is 0 Å². The maximum absolute atomic E-state index is 12.6. The van der Waals surface area contributed by atoms with Crippen LogP contribution in [0.25, 0.3) is 0 Å². The topological polar surface area (TPSA) is 83.9 Å². The van der Waals surface area contributed by atoms with Gasteiger partial charge in [0.2, 0.25) is 0 Å². The maximum Gasteiger partial charge on any atom is 0.262 e. The average Bonchev–Trinajstić information content (AvgIpc) is 3.07. The van der Waals surface area contributed by atoms with Crippen molar-refractivity contribution < 1.29 is 8.42 Å². The first-order valence-corrected chi connectivity index (χ1v) is 7.94. The van der Waals surface area contributed by atoms with Gasteiger partial charge in [0.05, 0.1) is 12.4 Å². The summed E-state index contributed by atoms with van der Waals surface area (Å²) in [5.74, 6) is 0.708. The molecule has 1 aliphatic heterocycles. The van der Waals surface area contributed by atoms with Crippen molar-refractivity contribution in [2.24, 2.45) is 7.05 Å². The number of rotatable bonds is 3. The summed E-state index contributed by atoms with van der Waals surface area (Å²) >= 11 is 0. The highest BCUT2D eigenvalue weighted by Crippen LogP contribution is 2.34. The van der Waals surface area contributed by atoms with Crippen LogP contribution < -0.4 is 0 Å². The summed E-state index contributed by atoms with van der Waals surface area (Å²) in [6, 6.07) is -0.226. The van der Waals surface area contributed by atoms with Crippen LogP contribution in [0.2, 0.25) is 0 Å². The van der Waals surface area contributed by atoms with Gasteiger partial charge in [0.25, 0.3) is 10.0 Å². The zero-order chi connectivity index (χ0) is 14.3. The Morgan fingerprint density at radius 2 is 2.20 bits per heavy atom. The van der Waals surface area contributed by atoms with Gasteiger partial charge in [-0.2, -0.15) is 4.31 Å². The minimum absolute atomic E-state index is 0.0928. The molecule has 7 nitrogen and oxygen atoms in total. The zero-order valence-electron chi connectivity index (χ0n) is 11.4. The highest BCUT2D eigenvalue weighted by molar-refractivity contribution is 7.89. The lowest BCUT2D eigenvalue weighted by molar-refractivity contribution is 0.383. The molecule has 0 amide bonds. The second-order valence-corrected chi connectivity index (χ2v) is 6.94. The summed E-state index contributed by atoms with van der Waals surface area (Å²) in [6.07, 6.45) is 6.35. The Labute approximate surface area is 117 Å². The Kier molecular flexibility index (Phi) is 3.14. The number of aromatic amines is 1. The Hall–Kier alpha value is -1.67. The van der Waals surface area contributed by atoms with Crippen LogP contribution in [0, 0.1) is 6.92 Å². The van der Waals surface area contributed by atoms with Crippen LogP contribution in [-0.4, -0.2) is 38.8 Å². The van der Waals surface area contributed by atoms with Gasteiger partial charge in [-0.05, 0) is 19.8 Å². The average molecular weight is 295 g/mol. The third-order valence-corrected chi connectivity index (χ3v) is 5.29. The fourth-order valence-electron chi connectivity index (χ4n) is 2.55. The van der Waals surface area contributed by atoms with E-state index < -0.39 is 10.0 Å². The van der Waals surface area contributed by atoms with Gasteiger partial charge in [0.15, 0.2) is 5.03 Å². The van der Waals surface area contributed by atoms with E-state index in [-0.39, 0.29) is 11.1 Å². The molecule has 2 aromatic heterocycles. The van der Waals surface area contributed by atoms with Gasteiger partial charge in [0.1, 0.15) is 5.82 Å². The lowest BCUT2D eigenvalue weighted by Crippen LogP contribution is -2.31. The standard InChI is InChI=1S/C12H17N5O2S/c1-9-6-13-12(15-9)10-4-3-5-17(10)20(18,19)11-7-16(2)8-14-11/h6-8,10H,3-5H2,1-2H3,(H,13,15)/t10-/m1/s1. The number of hydrogen-bond acceptors (Lipinski definition) is 4. The quantitative estimate of drug-likeness (QED) is 0.914. The Morgan fingerprint density at radius 1 is 1.40 bits per heavy atom. The smallest absolute Gasteiger partial charge is 0.262 e. The number of nitrogens with zero attached hydrogens (tertiary/aromatic N) is 4. The molecule has 0 aliphatic carbocycles. The number of aromatic nitrogens is 4. The highest BCUT2D eigenvalue weighted by Gasteiger charge is 2.38. The number of H-pyrrole nitrogens is 1. The molecular weight excluding hydrogens is 278 g/mol. The van der Waals surface area contributed by atoms with Gasteiger partial charge in [-0.25, -0.2) is 18.4 Å². The first-order valence-electron chi connectivity index (χ1n) is 6.50. The molecule has 2 aromatic rings. The summed E-state index contributed by atoms with van der Waals surface area (Å²) < 4.78 is 28.4. The van der Waals surface area contributed by atoms with Crippen molar-refractivity contribution in [1.82, 2.24) is 23.8 Å². The number of nitrogens with one attached hydrogen (secondary N) is 1. The van der Waals surface area contributed by atoms with Crippen LogP contribution in [0.4, 0.5) is 0 Å². The Bertz CT molecular complexity index is 718. The van der Waals surface area contributed by atoms with Crippen molar-refractivity contribution in [3.05, 3.63) is 30.2 Å². The lowest BCUT2D eigenvalue weighted by Gasteiger charge is -2.21. The first-order chi connectivity index (χ1) is 9.48. The van der Waals surface area contributed by atoms with E-state index in [0.29, 0.717) is 12.4 Å². The third-order valence-electron chi connectivity index (χ3n) is 3.50. The van der Waals surface area contributed by atoms with Crippen LogP contribution in [-0.2, 0) is 17.1 Å². The molecule has 1 N–H and O–H groups in total. The van der Waals surface area contributed by atoms with E-state index in [1.54, 1.807) is 17.8 Å². The van der Waals surface area contributed by atoms with Crippen LogP contribution in [0.15, 0.2) is 23.7 Å². The third kappa shape index (κ3) is 2.14. The number of sulfonamides is 1. The van der Waals surface area contributed by atoms with Crippen molar-refractivity contribution in [1.29, 1.82) is 0 Å². The SMILES string of the molecule is Cc1cnc([C@H]2CCCN2S(=O)(=O)c2cn(C)cn2)[nH]1. The van der Waals surface area contributed by atoms with E-state index in [2.05, 4.69) is 15.0 Å². The molecular formula is C12H17N5O2S. The van der Waals surface area contributed by atoms with Crippen LogP contribution in [0.5, 0.6) is 0 Å². The molecule has 0 radical (unpaired) electrons. The van der Waals surface area contributed by atoms with Crippen molar-refractivity contribution in [2.45, 2.75) is 30.8 Å². The fraction of sp³-hybridized carbons (Fsp3) is 0.500. The summed E-state index contributed by atoms with van der Waals surface area (Å²) in [5, 5.41) is 0.0928. The number of aryl methyl sites for hydroxylation is 2. The van der Waals surface area contributed by atoms with Crippen LogP contribution in [0.3, 0.4) is 0 Å². The molecule has 8 heteroatoms. The summed E-state index contributed by atoms with van der Waals surface area (Å²) in [7, 11) is -1.81. The van der Waals surface area contributed by atoms with E-state index in [1.165, 1.54) is 16.8 Å². The molecule has 108 valence electrons. The molecule has 0 bridgehead atoms. The summed E-state index contributed by atoms with van der Waals surface area (Å²) in [5.41, 5.74) is 0.932. The van der Waals surface area contributed by atoms with Crippen molar-refractivity contribution in [3.63, 3.8) is 0 Å². The number of imidazole rings is 2. The molecule has 0 aromatic carbocycles. The molecule has 0 unspecified atom stereocenters. The van der Waals surface area contributed by atoms with Gasteiger partial charge in [0, 0.05) is 31.7 Å². The molecule has 20 heavy (non-hydrogen) atoms. The van der Waals surface area contributed by atoms with Crippen LogP contribution in [0.1, 0.15) is 30.4 Å². The summed E-state index contributed by atoms with van der Waals surface area (Å²) in [6.45, 7) is 2.41. The monoisotopic (exact) mass is 295 g/mol. The second-order valence-electron chi connectivity index (χ2n) is 5.10. The molecule has 3 heterocycles. The van der Waals surface area contributed by atoms with Crippen molar-refractivity contribution >= 4 is 10.0 Å². The van der Waals surface area contributed by atoms with Gasteiger partial charge in [-0.15, -0.1) is 0 Å². The minimum atomic E-state index is -3.56. The van der Waals surface area contributed by atoms with Gasteiger partial charge in [-0.1, -0.05) is 0 Å². The predicted molar refractivity (Wildman–Crippen MR) is 72.4 cm³/mol. The predicted octanol–water partition coefficient (Wildman–Crippen LogP) is 0.977. The molecule has 0 spiro atoms. The molecule has 0 saturated carbocycles. The Morgan fingerprint density at radius 3 is 2.80 bits per heavy atom. The van der Waals surface area contributed by atoms with Gasteiger partial charge < -0.3 is 9.55 Å². The molecule has 1 saturated heterocycles. The largest absolute Gasteiger partial charge is 0.345 e. The lowest BCUT2D eigenvalue weighted by atomic mass is 10.2. The number of hydrogen-bond donors (Lipinski definition) is 1. The fourth-order valence-corrected chi connectivity index (χ4v) is 4.18. The van der Waals surface area contributed by atoms with Crippen LogP contribution >= 0.6 is 0 Å². The Balaban J connectivity index is 1.96. The maximum atomic E-state index is 12.6. The molecule has 1 aliphatic rings. The van der Waals surface area contributed by atoms with Crippen molar-refractivity contribution in [2.75, 3.05) is 6.54 Å². The van der Waals surface area contributed by atoms with E-state index >= 15 is 0 Å². The molecule has 3 rings (SSSR count). The van der Waals surface area contributed by atoms with E-state index in [4.69, 9.17) is 0 Å². The highest BCUT2D eigenvalue weighted by atomic mass is 32.2. The van der Waals surface area contributed by atoms with E-state index in [0.717, 1.165) is 18.5 Å². The summed E-state index contributed by atoms with van der Waals surface area (Å²) in [4.78, 5) is 11.4. The second kappa shape index (κ2) is 4.71. The van der Waals surface area contributed by atoms with Gasteiger partial charge in [-0.3, -0.25) is 0 Å². The normalized spacial score (nSPS) is 20.6. The zero-order valence-corrected chi connectivity index (χ0v) is 12.3. The molecule has 1 atom stereocenters. The minimum Gasteiger partial charge on any atom is -0.345 e. The van der Waals surface area contributed by atoms with Gasteiger partial charge >= 0.3 is 0 Å². The first kappa shape index (κ1) is 13.3. The van der Waals surface area contributed by atoms with E-state index in [1.807, 2.05) is 6.92 Å². The molecule has 1 fully saturated rings.